The van der Waals surface area contributed by atoms with Gasteiger partial charge >= 0.3 is 0 Å². The number of hydrogen-bond acceptors (Lipinski definition) is 5. The summed E-state index contributed by atoms with van der Waals surface area (Å²) < 4.78 is 33.8. The Morgan fingerprint density at radius 1 is 1.26 bits per heavy atom. The van der Waals surface area contributed by atoms with Crippen molar-refractivity contribution in [2.75, 3.05) is 27.1 Å². The number of hydrogen-bond donors (Lipinski definition) is 1. The van der Waals surface area contributed by atoms with Crippen LogP contribution in [0.25, 0.3) is 0 Å². The first kappa shape index (κ1) is 14.3. The van der Waals surface area contributed by atoms with Crippen molar-refractivity contribution in [3.8, 4) is 5.75 Å². The highest BCUT2D eigenvalue weighted by Gasteiger charge is 2.67. The summed E-state index contributed by atoms with van der Waals surface area (Å²) in [6.07, 6.45) is 1.22. The van der Waals surface area contributed by atoms with Gasteiger partial charge in [-0.3, -0.25) is 0 Å². The zero-order valence-electron chi connectivity index (χ0n) is 11.3. The summed E-state index contributed by atoms with van der Waals surface area (Å²) in [6, 6.07) is 7.32. The molecule has 106 valence electrons. The summed E-state index contributed by atoms with van der Waals surface area (Å²) in [4.78, 5) is 0. The Morgan fingerprint density at radius 3 is 2.26 bits per heavy atom. The molecule has 0 bridgehead atoms. The standard InChI is InChI=1S/C13H19NO4S/c1-17-8-13(14)11(12(13)19(3,15)16)9-4-6-10(18-2)7-5-9/h4-7,11-12H,8,14H2,1-3H3/t11-,12-,13+/m1/s1. The minimum Gasteiger partial charge on any atom is -0.497 e. The number of benzene rings is 1. The van der Waals surface area contributed by atoms with Crippen molar-refractivity contribution in [2.24, 2.45) is 5.73 Å². The maximum absolute atomic E-state index is 11.8. The Morgan fingerprint density at radius 2 is 1.84 bits per heavy atom. The molecule has 5 nitrogen and oxygen atoms in total. The Balaban J connectivity index is 2.32. The average Bonchev–Trinajstić information content (AvgIpc) is 2.96. The quantitative estimate of drug-likeness (QED) is 0.854. The lowest BCUT2D eigenvalue weighted by Crippen LogP contribution is -2.35. The van der Waals surface area contributed by atoms with Crippen molar-refractivity contribution in [3.05, 3.63) is 29.8 Å². The molecule has 2 N–H and O–H groups in total. The van der Waals surface area contributed by atoms with E-state index in [-0.39, 0.29) is 12.5 Å². The van der Waals surface area contributed by atoms with Gasteiger partial charge in [0.25, 0.3) is 0 Å². The van der Waals surface area contributed by atoms with Crippen LogP contribution in [0, 0.1) is 0 Å². The van der Waals surface area contributed by atoms with Gasteiger partial charge < -0.3 is 15.2 Å². The molecule has 1 fully saturated rings. The van der Waals surface area contributed by atoms with Crippen LogP contribution in [-0.4, -0.2) is 46.3 Å². The Kier molecular flexibility index (Phi) is 3.59. The van der Waals surface area contributed by atoms with Crippen LogP contribution in [0.3, 0.4) is 0 Å². The zero-order chi connectivity index (χ0) is 14.3. The van der Waals surface area contributed by atoms with Crippen LogP contribution < -0.4 is 10.5 Å². The van der Waals surface area contributed by atoms with Crippen LogP contribution in [0.1, 0.15) is 11.5 Å². The van der Waals surface area contributed by atoms with Gasteiger partial charge in [0, 0.05) is 19.3 Å². The first-order valence-corrected chi connectivity index (χ1v) is 7.90. The predicted octanol–water partition coefficient (Wildman–Crippen LogP) is 0.549. The van der Waals surface area contributed by atoms with Crippen molar-refractivity contribution in [1.29, 1.82) is 0 Å². The van der Waals surface area contributed by atoms with E-state index in [1.807, 2.05) is 12.1 Å². The third-order valence-corrected chi connectivity index (χ3v) is 5.27. The van der Waals surface area contributed by atoms with Crippen molar-refractivity contribution in [2.45, 2.75) is 16.7 Å². The second-order valence-electron chi connectivity index (χ2n) is 5.05. The maximum Gasteiger partial charge on any atom is 0.152 e. The first-order chi connectivity index (χ1) is 8.84. The van der Waals surface area contributed by atoms with E-state index in [1.165, 1.54) is 13.4 Å². The maximum atomic E-state index is 11.8. The molecule has 1 aromatic carbocycles. The van der Waals surface area contributed by atoms with Crippen LogP contribution in [-0.2, 0) is 14.6 Å². The number of rotatable bonds is 5. The molecule has 2 rings (SSSR count). The Labute approximate surface area is 113 Å². The fourth-order valence-electron chi connectivity index (χ4n) is 2.79. The summed E-state index contributed by atoms with van der Waals surface area (Å²) in [6.45, 7) is 0.224. The molecular weight excluding hydrogens is 266 g/mol. The highest BCUT2D eigenvalue weighted by atomic mass is 32.2. The molecular formula is C13H19NO4S. The highest BCUT2D eigenvalue weighted by molar-refractivity contribution is 7.91. The van der Waals surface area contributed by atoms with E-state index in [0.717, 1.165) is 11.3 Å². The SMILES string of the molecule is COC[C@]1(N)[C@H](c2ccc(OC)cc2)[C@H]1S(C)(=O)=O. The van der Waals surface area contributed by atoms with Crippen molar-refractivity contribution >= 4 is 9.84 Å². The minimum absolute atomic E-state index is 0.224. The van der Waals surface area contributed by atoms with Gasteiger partial charge in [0.2, 0.25) is 0 Å². The van der Waals surface area contributed by atoms with Crippen LogP contribution in [0.5, 0.6) is 5.75 Å². The highest BCUT2D eigenvalue weighted by Crippen LogP contribution is 2.54. The van der Waals surface area contributed by atoms with E-state index in [9.17, 15) is 8.42 Å². The van der Waals surface area contributed by atoms with Gasteiger partial charge in [-0.2, -0.15) is 0 Å². The van der Waals surface area contributed by atoms with E-state index >= 15 is 0 Å². The van der Waals surface area contributed by atoms with Gasteiger partial charge in [0.05, 0.1) is 24.5 Å². The summed E-state index contributed by atoms with van der Waals surface area (Å²) >= 11 is 0. The normalized spacial score (nSPS) is 30.1. The van der Waals surface area contributed by atoms with Gasteiger partial charge in [0.15, 0.2) is 9.84 Å². The Hall–Kier alpha value is -1.11. The largest absolute Gasteiger partial charge is 0.497 e. The average molecular weight is 285 g/mol. The van der Waals surface area contributed by atoms with Gasteiger partial charge in [-0.15, -0.1) is 0 Å². The van der Waals surface area contributed by atoms with E-state index in [2.05, 4.69) is 0 Å². The van der Waals surface area contributed by atoms with Gasteiger partial charge in [-0.25, -0.2) is 8.42 Å². The smallest absolute Gasteiger partial charge is 0.152 e. The summed E-state index contributed by atoms with van der Waals surface area (Å²) in [5, 5.41) is -0.589. The lowest BCUT2D eigenvalue weighted by Gasteiger charge is -2.10. The second-order valence-corrected chi connectivity index (χ2v) is 7.21. The molecule has 1 aromatic rings. The van der Waals surface area contributed by atoms with Gasteiger partial charge in [0.1, 0.15) is 5.75 Å². The van der Waals surface area contributed by atoms with Crippen LogP contribution >= 0.6 is 0 Å². The van der Waals surface area contributed by atoms with Crippen molar-refractivity contribution in [1.82, 2.24) is 0 Å². The molecule has 0 radical (unpaired) electrons. The Bertz CT molecular complexity index is 555. The van der Waals surface area contributed by atoms with Crippen LogP contribution in [0.4, 0.5) is 0 Å². The fraction of sp³-hybridized carbons (Fsp3) is 0.538. The summed E-state index contributed by atoms with van der Waals surface area (Å²) in [5.41, 5.74) is 6.26. The molecule has 1 aliphatic carbocycles. The number of ether oxygens (including phenoxy) is 2. The molecule has 0 amide bonds. The fourth-order valence-corrected chi connectivity index (χ4v) is 4.63. The second kappa shape index (κ2) is 4.77. The van der Waals surface area contributed by atoms with Crippen molar-refractivity contribution in [3.63, 3.8) is 0 Å². The molecule has 0 aliphatic heterocycles. The molecule has 0 spiro atoms. The van der Waals surface area contributed by atoms with Crippen LogP contribution in [0.2, 0.25) is 0 Å². The van der Waals surface area contributed by atoms with E-state index in [4.69, 9.17) is 15.2 Å². The van der Waals surface area contributed by atoms with E-state index in [0.29, 0.717) is 0 Å². The molecule has 0 saturated heterocycles. The topological polar surface area (TPSA) is 78.6 Å². The number of sulfone groups is 1. The molecule has 6 heteroatoms. The zero-order valence-corrected chi connectivity index (χ0v) is 12.1. The molecule has 1 saturated carbocycles. The molecule has 3 atom stereocenters. The molecule has 0 aromatic heterocycles. The molecule has 1 aliphatic rings. The lowest BCUT2D eigenvalue weighted by atomic mass is 10.1. The van der Waals surface area contributed by atoms with Crippen molar-refractivity contribution < 1.29 is 17.9 Å². The monoisotopic (exact) mass is 285 g/mol. The summed E-state index contributed by atoms with van der Waals surface area (Å²) in [7, 11) is -0.0967. The van der Waals surface area contributed by atoms with Gasteiger partial charge in [-0.1, -0.05) is 12.1 Å². The third kappa shape index (κ3) is 2.48. The number of methoxy groups -OCH3 is 2. The van der Waals surface area contributed by atoms with Gasteiger partial charge in [-0.05, 0) is 17.7 Å². The summed E-state index contributed by atoms with van der Waals surface area (Å²) in [5.74, 6) is 0.503. The predicted molar refractivity (Wildman–Crippen MR) is 73.2 cm³/mol. The molecule has 0 heterocycles. The van der Waals surface area contributed by atoms with E-state index < -0.39 is 20.6 Å². The lowest BCUT2D eigenvalue weighted by molar-refractivity contribution is 0.171. The first-order valence-electron chi connectivity index (χ1n) is 5.95. The van der Waals surface area contributed by atoms with Crippen LogP contribution in [0.15, 0.2) is 24.3 Å². The van der Waals surface area contributed by atoms with E-state index in [1.54, 1.807) is 19.2 Å². The molecule has 0 unspecified atom stereocenters. The minimum atomic E-state index is -3.21. The molecule has 19 heavy (non-hydrogen) atoms. The third-order valence-electron chi connectivity index (χ3n) is 3.63. The number of nitrogens with two attached hydrogens (primary N) is 1.